The molecular formula is C9H9NO6S. The molecule has 7 nitrogen and oxygen atoms in total. The first-order valence-electron chi connectivity index (χ1n) is 4.74. The summed E-state index contributed by atoms with van der Waals surface area (Å²) < 4.78 is 25.6. The number of rotatable bonds is 4. The number of nitro groups is 1. The van der Waals surface area contributed by atoms with E-state index in [1.165, 1.54) is 24.3 Å². The Morgan fingerprint density at radius 1 is 1.47 bits per heavy atom. The lowest BCUT2D eigenvalue weighted by molar-refractivity contribution is -0.384. The van der Waals surface area contributed by atoms with Crippen LogP contribution in [0.15, 0.2) is 24.3 Å². The minimum atomic E-state index is -1.69. The minimum absolute atomic E-state index is 0.00102. The Labute approximate surface area is 99.3 Å². The van der Waals surface area contributed by atoms with E-state index < -0.39 is 16.3 Å². The monoisotopic (exact) mass is 259 g/mol. The minimum Gasteiger partial charge on any atom is -0.491 e. The van der Waals surface area contributed by atoms with Crippen LogP contribution in [0.4, 0.5) is 5.69 Å². The average Bonchev–Trinajstić information content (AvgIpc) is 2.73. The molecule has 0 unspecified atom stereocenters. The molecular weight excluding hydrogens is 250 g/mol. The molecule has 2 atom stereocenters. The molecule has 1 fully saturated rings. The van der Waals surface area contributed by atoms with Crippen LogP contribution in [-0.4, -0.2) is 28.4 Å². The SMILES string of the molecule is O=[N+]([O-])c1ccc(OC[C@@H]2CO[S@](=O)O2)cc1. The topological polar surface area (TPSA) is 87.9 Å². The number of ether oxygens (including phenoxy) is 1. The van der Waals surface area contributed by atoms with Crippen LogP contribution >= 0.6 is 0 Å². The van der Waals surface area contributed by atoms with Gasteiger partial charge in [0.05, 0.1) is 11.5 Å². The van der Waals surface area contributed by atoms with Gasteiger partial charge in [-0.3, -0.25) is 18.5 Å². The normalized spacial score (nSPS) is 23.5. The maximum absolute atomic E-state index is 10.7. The number of nitro benzene ring substituents is 1. The van der Waals surface area contributed by atoms with Gasteiger partial charge in [-0.25, -0.2) is 0 Å². The molecule has 1 heterocycles. The molecule has 1 aliphatic heterocycles. The van der Waals surface area contributed by atoms with Gasteiger partial charge in [0.2, 0.25) is 0 Å². The van der Waals surface area contributed by atoms with Crippen LogP contribution in [0.5, 0.6) is 5.75 Å². The largest absolute Gasteiger partial charge is 0.491 e. The summed E-state index contributed by atoms with van der Waals surface area (Å²) in [5.41, 5.74) is -0.00102. The van der Waals surface area contributed by atoms with Gasteiger partial charge in [-0.1, -0.05) is 0 Å². The number of non-ortho nitro benzene ring substituents is 1. The molecule has 2 rings (SSSR count). The summed E-state index contributed by atoms with van der Waals surface area (Å²) in [5.74, 6) is 0.483. The van der Waals surface area contributed by atoms with E-state index in [-0.39, 0.29) is 25.0 Å². The van der Waals surface area contributed by atoms with Crippen molar-refractivity contribution >= 4 is 17.0 Å². The van der Waals surface area contributed by atoms with Crippen molar-refractivity contribution in [2.45, 2.75) is 6.10 Å². The van der Waals surface area contributed by atoms with E-state index in [0.717, 1.165) is 0 Å². The molecule has 1 aromatic rings. The third-order valence-corrected chi connectivity index (χ3v) is 2.81. The van der Waals surface area contributed by atoms with E-state index in [0.29, 0.717) is 5.75 Å². The van der Waals surface area contributed by atoms with E-state index in [9.17, 15) is 14.3 Å². The second kappa shape index (κ2) is 5.21. The molecule has 0 amide bonds. The first-order valence-corrected chi connectivity index (χ1v) is 5.74. The predicted octanol–water partition coefficient (Wildman–Crippen LogP) is 0.968. The molecule has 1 aromatic carbocycles. The highest BCUT2D eigenvalue weighted by molar-refractivity contribution is 7.75. The first kappa shape index (κ1) is 12.0. The van der Waals surface area contributed by atoms with Crippen LogP contribution in [0, 0.1) is 10.1 Å². The standard InChI is InChI=1S/C9H9NO6S/c11-10(12)7-1-3-8(4-2-7)14-5-9-6-15-17(13)16-9/h1-4,9H,5-6H2/t9-,17+/m1/s1. The zero-order chi connectivity index (χ0) is 12.3. The Morgan fingerprint density at radius 2 is 2.18 bits per heavy atom. The van der Waals surface area contributed by atoms with Crippen LogP contribution < -0.4 is 4.74 Å². The molecule has 0 aliphatic carbocycles. The Balaban J connectivity index is 1.87. The van der Waals surface area contributed by atoms with Gasteiger partial charge in [0.25, 0.3) is 5.69 Å². The lowest BCUT2D eigenvalue weighted by Gasteiger charge is -2.08. The van der Waals surface area contributed by atoms with Crippen LogP contribution in [0.3, 0.4) is 0 Å². The summed E-state index contributed by atoms with van der Waals surface area (Å²) in [6, 6.07) is 5.68. The Hall–Kier alpha value is -1.51. The highest BCUT2D eigenvalue weighted by atomic mass is 32.2. The molecule has 0 bridgehead atoms. The average molecular weight is 259 g/mol. The van der Waals surface area contributed by atoms with Crippen molar-refractivity contribution in [2.75, 3.05) is 13.2 Å². The molecule has 0 radical (unpaired) electrons. The molecule has 92 valence electrons. The van der Waals surface area contributed by atoms with Gasteiger partial charge in [-0.15, -0.1) is 0 Å². The molecule has 8 heteroatoms. The van der Waals surface area contributed by atoms with E-state index in [1.54, 1.807) is 0 Å². The van der Waals surface area contributed by atoms with Gasteiger partial charge < -0.3 is 4.74 Å². The summed E-state index contributed by atoms with van der Waals surface area (Å²) in [7, 11) is 0. The molecule has 0 N–H and O–H groups in total. The summed E-state index contributed by atoms with van der Waals surface area (Å²) in [6.07, 6.45) is -0.383. The van der Waals surface area contributed by atoms with Crippen molar-refractivity contribution in [3.05, 3.63) is 34.4 Å². The Morgan fingerprint density at radius 3 is 2.71 bits per heavy atom. The number of hydrogen-bond donors (Lipinski definition) is 0. The van der Waals surface area contributed by atoms with Gasteiger partial charge in [-0.05, 0) is 12.1 Å². The van der Waals surface area contributed by atoms with Gasteiger partial charge in [-0.2, -0.15) is 4.21 Å². The van der Waals surface area contributed by atoms with Crippen LogP contribution in [-0.2, 0) is 19.7 Å². The fourth-order valence-corrected chi connectivity index (χ4v) is 1.88. The maximum Gasteiger partial charge on any atom is 0.305 e. The molecule has 1 aliphatic rings. The summed E-state index contributed by atoms with van der Waals surface area (Å²) >= 11 is -1.69. The highest BCUT2D eigenvalue weighted by Crippen LogP contribution is 2.18. The van der Waals surface area contributed by atoms with Gasteiger partial charge >= 0.3 is 11.4 Å². The van der Waals surface area contributed by atoms with Crippen LogP contribution in [0.25, 0.3) is 0 Å². The number of hydrogen-bond acceptors (Lipinski definition) is 6. The van der Waals surface area contributed by atoms with Gasteiger partial charge in [0.1, 0.15) is 18.5 Å². The van der Waals surface area contributed by atoms with E-state index in [2.05, 4.69) is 4.18 Å². The molecule has 1 saturated heterocycles. The Kier molecular flexibility index (Phi) is 3.67. The third kappa shape index (κ3) is 3.22. The van der Waals surface area contributed by atoms with Crippen LogP contribution in [0.1, 0.15) is 0 Å². The summed E-state index contributed by atoms with van der Waals surface area (Å²) in [6.45, 7) is 0.392. The second-order valence-corrected chi connectivity index (χ2v) is 4.11. The van der Waals surface area contributed by atoms with Crippen molar-refractivity contribution in [3.8, 4) is 5.75 Å². The quantitative estimate of drug-likeness (QED) is 0.591. The van der Waals surface area contributed by atoms with Crippen LogP contribution in [0.2, 0.25) is 0 Å². The van der Waals surface area contributed by atoms with Crippen molar-refractivity contribution in [1.29, 1.82) is 0 Å². The molecule has 17 heavy (non-hydrogen) atoms. The third-order valence-electron chi connectivity index (χ3n) is 2.05. The molecule has 0 spiro atoms. The number of benzene rings is 1. The fraction of sp³-hybridized carbons (Fsp3) is 0.333. The number of nitrogens with zero attached hydrogens (tertiary/aromatic N) is 1. The lowest BCUT2D eigenvalue weighted by atomic mass is 10.3. The van der Waals surface area contributed by atoms with E-state index in [4.69, 9.17) is 8.92 Å². The van der Waals surface area contributed by atoms with Crippen molar-refractivity contribution in [2.24, 2.45) is 0 Å². The van der Waals surface area contributed by atoms with Crippen molar-refractivity contribution < 1.29 is 22.2 Å². The van der Waals surface area contributed by atoms with Crippen molar-refractivity contribution in [3.63, 3.8) is 0 Å². The summed E-state index contributed by atoms with van der Waals surface area (Å²) in [5, 5.41) is 10.4. The van der Waals surface area contributed by atoms with Gasteiger partial charge in [0, 0.05) is 12.1 Å². The van der Waals surface area contributed by atoms with E-state index in [1.807, 2.05) is 0 Å². The zero-order valence-electron chi connectivity index (χ0n) is 8.61. The fourth-order valence-electron chi connectivity index (χ4n) is 1.23. The smallest absolute Gasteiger partial charge is 0.305 e. The van der Waals surface area contributed by atoms with Crippen molar-refractivity contribution in [1.82, 2.24) is 0 Å². The highest BCUT2D eigenvalue weighted by Gasteiger charge is 2.23. The van der Waals surface area contributed by atoms with E-state index >= 15 is 0 Å². The Bertz CT molecular complexity index is 434. The molecule has 0 aromatic heterocycles. The molecule has 0 saturated carbocycles. The predicted molar refractivity (Wildman–Crippen MR) is 57.6 cm³/mol. The first-order chi connectivity index (χ1) is 8.15. The maximum atomic E-state index is 10.7. The lowest BCUT2D eigenvalue weighted by Crippen LogP contribution is -2.19. The van der Waals surface area contributed by atoms with Gasteiger partial charge in [0.15, 0.2) is 0 Å². The summed E-state index contributed by atoms with van der Waals surface area (Å²) in [4.78, 5) is 9.92. The second-order valence-electron chi connectivity index (χ2n) is 3.27. The zero-order valence-corrected chi connectivity index (χ0v) is 9.42.